The quantitative estimate of drug-likeness (QED) is 0.721. The normalized spacial score (nSPS) is 11.0. The van der Waals surface area contributed by atoms with Crippen LogP contribution >= 0.6 is 22.9 Å². The van der Waals surface area contributed by atoms with E-state index in [2.05, 4.69) is 29.4 Å². The van der Waals surface area contributed by atoms with Crippen LogP contribution in [-0.4, -0.2) is 10.9 Å². The van der Waals surface area contributed by atoms with E-state index in [0.29, 0.717) is 16.6 Å². The van der Waals surface area contributed by atoms with E-state index in [1.165, 1.54) is 16.9 Å². The highest BCUT2D eigenvalue weighted by Gasteiger charge is 2.12. The molecule has 23 heavy (non-hydrogen) atoms. The Bertz CT molecular complexity index is 878. The van der Waals surface area contributed by atoms with Gasteiger partial charge in [-0.3, -0.25) is 4.79 Å². The van der Waals surface area contributed by atoms with Crippen molar-refractivity contribution in [3.05, 3.63) is 57.6 Å². The van der Waals surface area contributed by atoms with Crippen LogP contribution in [0, 0.1) is 20.8 Å². The van der Waals surface area contributed by atoms with Gasteiger partial charge in [-0.25, -0.2) is 4.98 Å². The van der Waals surface area contributed by atoms with Crippen LogP contribution in [0.15, 0.2) is 30.3 Å². The molecule has 0 radical (unpaired) electrons. The highest BCUT2D eigenvalue weighted by molar-refractivity contribution is 7.22. The standard InChI is InChI=1S/C18H17ClN2OS/c1-10-6-11(2)14(12(3)7-10)9-17(22)21-18-20-15-5-4-13(19)8-16(15)23-18/h4-8H,9H2,1-3H3,(H,20,21,22). The number of nitrogens with zero attached hydrogens (tertiary/aromatic N) is 1. The lowest BCUT2D eigenvalue weighted by molar-refractivity contribution is -0.115. The molecular weight excluding hydrogens is 328 g/mol. The van der Waals surface area contributed by atoms with Gasteiger partial charge in [0.15, 0.2) is 5.13 Å². The minimum Gasteiger partial charge on any atom is -0.302 e. The van der Waals surface area contributed by atoms with Gasteiger partial charge in [0.05, 0.1) is 16.6 Å². The molecule has 0 aliphatic rings. The topological polar surface area (TPSA) is 42.0 Å². The van der Waals surface area contributed by atoms with Crippen molar-refractivity contribution in [3.8, 4) is 0 Å². The van der Waals surface area contributed by atoms with E-state index in [1.807, 2.05) is 26.0 Å². The average Bonchev–Trinajstić information content (AvgIpc) is 2.84. The van der Waals surface area contributed by atoms with Crippen molar-refractivity contribution in [1.82, 2.24) is 4.98 Å². The number of benzene rings is 2. The van der Waals surface area contributed by atoms with Crippen molar-refractivity contribution < 1.29 is 4.79 Å². The van der Waals surface area contributed by atoms with Gasteiger partial charge in [-0.05, 0) is 55.7 Å². The third-order valence-corrected chi connectivity index (χ3v) is 4.94. The second kappa shape index (κ2) is 6.30. The molecule has 0 aliphatic heterocycles. The summed E-state index contributed by atoms with van der Waals surface area (Å²) in [5.74, 6) is -0.0507. The summed E-state index contributed by atoms with van der Waals surface area (Å²) in [5, 5.41) is 4.17. The Morgan fingerprint density at radius 3 is 2.57 bits per heavy atom. The van der Waals surface area contributed by atoms with Gasteiger partial charge in [0, 0.05) is 5.02 Å². The molecule has 1 N–H and O–H groups in total. The molecule has 0 fully saturated rings. The zero-order chi connectivity index (χ0) is 16.6. The van der Waals surface area contributed by atoms with Crippen molar-refractivity contribution in [2.75, 3.05) is 5.32 Å². The summed E-state index contributed by atoms with van der Waals surface area (Å²) in [6.45, 7) is 6.15. The lowest BCUT2D eigenvalue weighted by Gasteiger charge is -2.10. The van der Waals surface area contributed by atoms with Crippen molar-refractivity contribution in [2.24, 2.45) is 0 Å². The molecule has 0 unspecified atom stereocenters. The fourth-order valence-corrected chi connectivity index (χ4v) is 3.92. The number of aryl methyl sites for hydroxylation is 3. The summed E-state index contributed by atoms with van der Waals surface area (Å²) < 4.78 is 0.968. The molecule has 118 valence electrons. The fraction of sp³-hybridized carbons (Fsp3) is 0.222. The number of carbonyl (C=O) groups excluding carboxylic acids is 1. The second-order valence-corrected chi connectivity index (χ2v) is 7.20. The molecule has 0 bridgehead atoms. The summed E-state index contributed by atoms with van der Waals surface area (Å²) in [7, 11) is 0. The van der Waals surface area contributed by atoms with Gasteiger partial charge in [0.2, 0.25) is 5.91 Å². The maximum atomic E-state index is 12.3. The number of aromatic nitrogens is 1. The third kappa shape index (κ3) is 3.54. The van der Waals surface area contributed by atoms with Crippen molar-refractivity contribution >= 4 is 44.2 Å². The Kier molecular flexibility index (Phi) is 4.37. The number of hydrogen-bond acceptors (Lipinski definition) is 3. The van der Waals surface area contributed by atoms with Gasteiger partial charge in [-0.1, -0.05) is 40.6 Å². The van der Waals surface area contributed by atoms with E-state index in [4.69, 9.17) is 11.6 Å². The third-order valence-electron chi connectivity index (χ3n) is 3.77. The Labute approximate surface area is 144 Å². The number of carbonyl (C=O) groups is 1. The van der Waals surface area contributed by atoms with Crippen LogP contribution in [0.5, 0.6) is 0 Å². The molecule has 2 aromatic carbocycles. The molecule has 0 saturated carbocycles. The zero-order valence-corrected chi connectivity index (χ0v) is 14.8. The van der Waals surface area contributed by atoms with Crippen LogP contribution in [0.3, 0.4) is 0 Å². The van der Waals surface area contributed by atoms with Gasteiger partial charge in [0.1, 0.15) is 0 Å². The van der Waals surface area contributed by atoms with Gasteiger partial charge in [-0.15, -0.1) is 0 Å². The molecule has 3 rings (SSSR count). The Balaban J connectivity index is 1.78. The first kappa shape index (κ1) is 16.0. The highest BCUT2D eigenvalue weighted by Crippen LogP contribution is 2.28. The van der Waals surface area contributed by atoms with Crippen LogP contribution < -0.4 is 5.32 Å². The lowest BCUT2D eigenvalue weighted by atomic mass is 9.97. The maximum Gasteiger partial charge on any atom is 0.230 e. The first-order valence-corrected chi connectivity index (χ1v) is 8.54. The average molecular weight is 345 g/mol. The van der Waals surface area contributed by atoms with E-state index < -0.39 is 0 Å². The Morgan fingerprint density at radius 1 is 1.17 bits per heavy atom. The lowest BCUT2D eigenvalue weighted by Crippen LogP contribution is -2.15. The number of nitrogens with one attached hydrogen (secondary N) is 1. The Morgan fingerprint density at radius 2 is 1.87 bits per heavy atom. The van der Waals surface area contributed by atoms with Gasteiger partial charge >= 0.3 is 0 Å². The van der Waals surface area contributed by atoms with Crippen molar-refractivity contribution in [1.29, 1.82) is 0 Å². The van der Waals surface area contributed by atoms with Crippen LogP contribution in [0.2, 0.25) is 5.02 Å². The molecule has 0 spiro atoms. The predicted molar refractivity (Wildman–Crippen MR) is 97.6 cm³/mol. The zero-order valence-electron chi connectivity index (χ0n) is 13.2. The molecule has 3 nitrogen and oxygen atoms in total. The SMILES string of the molecule is Cc1cc(C)c(CC(=O)Nc2nc3ccc(Cl)cc3s2)c(C)c1. The van der Waals surface area contributed by atoms with E-state index >= 15 is 0 Å². The van der Waals surface area contributed by atoms with E-state index in [1.54, 1.807) is 6.07 Å². The minimum absolute atomic E-state index is 0.0507. The van der Waals surface area contributed by atoms with Gasteiger partial charge in [-0.2, -0.15) is 0 Å². The van der Waals surface area contributed by atoms with Gasteiger partial charge < -0.3 is 5.32 Å². The number of halogens is 1. The number of fused-ring (bicyclic) bond motifs is 1. The molecule has 0 atom stereocenters. The van der Waals surface area contributed by atoms with Crippen LogP contribution in [0.25, 0.3) is 10.2 Å². The van der Waals surface area contributed by atoms with E-state index in [-0.39, 0.29) is 5.91 Å². The van der Waals surface area contributed by atoms with Crippen LogP contribution in [-0.2, 0) is 11.2 Å². The van der Waals surface area contributed by atoms with Crippen molar-refractivity contribution in [2.45, 2.75) is 27.2 Å². The molecule has 1 heterocycles. The van der Waals surface area contributed by atoms with E-state index in [0.717, 1.165) is 26.9 Å². The number of rotatable bonds is 3. The van der Waals surface area contributed by atoms with Crippen molar-refractivity contribution in [3.63, 3.8) is 0 Å². The summed E-state index contributed by atoms with van der Waals surface area (Å²) in [6.07, 6.45) is 0.356. The number of hydrogen-bond donors (Lipinski definition) is 1. The fourth-order valence-electron chi connectivity index (χ4n) is 2.76. The number of thiazole rings is 1. The molecule has 3 aromatic rings. The summed E-state index contributed by atoms with van der Waals surface area (Å²) >= 11 is 7.41. The van der Waals surface area contributed by atoms with E-state index in [9.17, 15) is 4.79 Å². The van der Waals surface area contributed by atoms with Crippen LogP contribution in [0.4, 0.5) is 5.13 Å². The molecular formula is C18H17ClN2OS. The monoisotopic (exact) mass is 344 g/mol. The predicted octanol–water partition coefficient (Wildman–Crippen LogP) is 5.06. The summed E-state index contributed by atoms with van der Waals surface area (Å²) in [6, 6.07) is 9.73. The summed E-state index contributed by atoms with van der Waals surface area (Å²) in [5.41, 5.74) is 5.43. The maximum absolute atomic E-state index is 12.3. The van der Waals surface area contributed by atoms with Crippen LogP contribution in [0.1, 0.15) is 22.3 Å². The molecule has 5 heteroatoms. The second-order valence-electron chi connectivity index (χ2n) is 5.73. The minimum atomic E-state index is -0.0507. The molecule has 1 aromatic heterocycles. The Hall–Kier alpha value is -1.91. The summed E-state index contributed by atoms with van der Waals surface area (Å²) in [4.78, 5) is 16.8. The highest BCUT2D eigenvalue weighted by atomic mass is 35.5. The first-order chi connectivity index (χ1) is 10.9. The number of anilines is 1. The largest absolute Gasteiger partial charge is 0.302 e. The smallest absolute Gasteiger partial charge is 0.230 e. The molecule has 0 aliphatic carbocycles. The first-order valence-electron chi connectivity index (χ1n) is 7.35. The molecule has 0 saturated heterocycles. The van der Waals surface area contributed by atoms with Gasteiger partial charge in [0.25, 0.3) is 0 Å². The number of amides is 1. The molecule has 1 amide bonds.